The summed E-state index contributed by atoms with van der Waals surface area (Å²) in [6.07, 6.45) is 2.62. The molecule has 1 aliphatic rings. The molecule has 1 saturated carbocycles. The highest BCUT2D eigenvalue weighted by Gasteiger charge is 2.20. The van der Waals surface area contributed by atoms with Gasteiger partial charge in [0.2, 0.25) is 0 Å². The Labute approximate surface area is 131 Å². The van der Waals surface area contributed by atoms with E-state index in [1.807, 2.05) is 7.05 Å². The Morgan fingerprint density at radius 1 is 1.14 bits per heavy atom. The first-order valence-electron chi connectivity index (χ1n) is 7.46. The van der Waals surface area contributed by atoms with Crippen LogP contribution in [0.2, 0.25) is 5.02 Å². The Balaban J connectivity index is 1.75. The van der Waals surface area contributed by atoms with Crippen molar-refractivity contribution in [1.29, 1.82) is 0 Å². The lowest BCUT2D eigenvalue weighted by Gasteiger charge is -2.21. The predicted molar refractivity (Wildman–Crippen MR) is 90.6 cm³/mol. The SMILES string of the molecule is Cc1ccc(N(C)c2ccc(CNC3CC3)cc2Cl)cc1. The minimum Gasteiger partial charge on any atom is -0.343 e. The number of anilines is 2. The van der Waals surface area contributed by atoms with Gasteiger partial charge in [0.1, 0.15) is 0 Å². The number of nitrogens with zero attached hydrogens (tertiary/aromatic N) is 1. The van der Waals surface area contributed by atoms with Gasteiger partial charge < -0.3 is 10.2 Å². The molecule has 1 fully saturated rings. The van der Waals surface area contributed by atoms with Crippen LogP contribution in [0.4, 0.5) is 11.4 Å². The van der Waals surface area contributed by atoms with Crippen LogP contribution in [-0.4, -0.2) is 13.1 Å². The van der Waals surface area contributed by atoms with Crippen molar-refractivity contribution in [2.24, 2.45) is 0 Å². The van der Waals surface area contributed by atoms with E-state index in [0.717, 1.165) is 29.0 Å². The van der Waals surface area contributed by atoms with Crippen molar-refractivity contribution in [3.63, 3.8) is 0 Å². The third-order valence-electron chi connectivity index (χ3n) is 3.97. The van der Waals surface area contributed by atoms with E-state index in [0.29, 0.717) is 0 Å². The van der Waals surface area contributed by atoms with Crippen LogP contribution in [0.3, 0.4) is 0 Å². The number of nitrogens with one attached hydrogen (secondary N) is 1. The zero-order valence-electron chi connectivity index (χ0n) is 12.6. The fraction of sp³-hybridized carbons (Fsp3) is 0.333. The Kier molecular flexibility index (Phi) is 4.18. The molecule has 0 bridgehead atoms. The molecule has 3 rings (SSSR count). The molecule has 0 aliphatic heterocycles. The van der Waals surface area contributed by atoms with Gasteiger partial charge in [0.25, 0.3) is 0 Å². The number of rotatable bonds is 5. The number of aryl methyl sites for hydroxylation is 1. The quantitative estimate of drug-likeness (QED) is 0.863. The molecule has 2 aromatic carbocycles. The molecule has 3 heteroatoms. The lowest BCUT2D eigenvalue weighted by Crippen LogP contribution is -2.15. The van der Waals surface area contributed by atoms with Gasteiger partial charge in [0.15, 0.2) is 0 Å². The molecule has 1 N–H and O–H groups in total. The lowest BCUT2D eigenvalue weighted by atomic mass is 10.1. The smallest absolute Gasteiger partial charge is 0.0646 e. The summed E-state index contributed by atoms with van der Waals surface area (Å²) in [5, 5.41) is 4.31. The number of halogens is 1. The van der Waals surface area contributed by atoms with Crippen LogP contribution in [0.25, 0.3) is 0 Å². The van der Waals surface area contributed by atoms with Crippen molar-refractivity contribution in [1.82, 2.24) is 5.32 Å². The average Bonchev–Trinajstić information content (AvgIpc) is 3.29. The normalized spacial score (nSPS) is 14.2. The average molecular weight is 301 g/mol. The Morgan fingerprint density at radius 2 is 1.86 bits per heavy atom. The third kappa shape index (κ3) is 3.58. The first-order valence-corrected chi connectivity index (χ1v) is 7.83. The number of hydrogen-bond donors (Lipinski definition) is 1. The summed E-state index contributed by atoms with van der Waals surface area (Å²) in [4.78, 5) is 2.12. The van der Waals surface area contributed by atoms with Crippen LogP contribution in [-0.2, 0) is 6.54 Å². The Hall–Kier alpha value is -1.51. The predicted octanol–water partition coefficient (Wildman–Crippen LogP) is 4.67. The maximum Gasteiger partial charge on any atom is 0.0646 e. The number of hydrogen-bond acceptors (Lipinski definition) is 2. The van der Waals surface area contributed by atoms with Gasteiger partial charge in [-0.05, 0) is 49.6 Å². The minimum absolute atomic E-state index is 0.721. The van der Waals surface area contributed by atoms with Crippen molar-refractivity contribution >= 4 is 23.0 Å². The third-order valence-corrected chi connectivity index (χ3v) is 4.27. The van der Waals surface area contributed by atoms with Gasteiger partial charge in [-0.3, -0.25) is 0 Å². The van der Waals surface area contributed by atoms with Crippen LogP contribution in [0, 0.1) is 6.92 Å². The molecule has 110 valence electrons. The van der Waals surface area contributed by atoms with Crippen LogP contribution < -0.4 is 10.2 Å². The van der Waals surface area contributed by atoms with Gasteiger partial charge in [-0.1, -0.05) is 35.4 Å². The molecule has 21 heavy (non-hydrogen) atoms. The van der Waals surface area contributed by atoms with Gasteiger partial charge in [-0.15, -0.1) is 0 Å². The summed E-state index contributed by atoms with van der Waals surface area (Å²) >= 11 is 6.47. The van der Waals surface area contributed by atoms with Gasteiger partial charge in [0, 0.05) is 25.3 Å². The number of benzene rings is 2. The van der Waals surface area contributed by atoms with Crippen molar-refractivity contribution in [2.75, 3.05) is 11.9 Å². The monoisotopic (exact) mass is 300 g/mol. The molecule has 0 spiro atoms. The summed E-state index contributed by atoms with van der Waals surface area (Å²) < 4.78 is 0. The molecule has 0 unspecified atom stereocenters. The highest BCUT2D eigenvalue weighted by Crippen LogP contribution is 2.31. The molecule has 0 aromatic heterocycles. The maximum atomic E-state index is 6.47. The molecule has 0 saturated heterocycles. The Morgan fingerprint density at radius 3 is 2.48 bits per heavy atom. The van der Waals surface area contributed by atoms with E-state index < -0.39 is 0 Å². The van der Waals surface area contributed by atoms with Gasteiger partial charge in [0.05, 0.1) is 10.7 Å². The summed E-state index contributed by atoms with van der Waals surface area (Å²) in [6, 6.07) is 15.5. The van der Waals surface area contributed by atoms with Crippen LogP contribution in [0.15, 0.2) is 42.5 Å². The highest BCUT2D eigenvalue weighted by molar-refractivity contribution is 6.33. The van der Waals surface area contributed by atoms with Gasteiger partial charge >= 0.3 is 0 Å². The topological polar surface area (TPSA) is 15.3 Å². The van der Waals surface area contributed by atoms with Crippen LogP contribution >= 0.6 is 11.6 Å². The van der Waals surface area contributed by atoms with E-state index in [-0.39, 0.29) is 0 Å². The summed E-state index contributed by atoms with van der Waals surface area (Å²) in [6.45, 7) is 3.00. The van der Waals surface area contributed by atoms with Crippen LogP contribution in [0.1, 0.15) is 24.0 Å². The molecule has 0 radical (unpaired) electrons. The standard InChI is InChI=1S/C18H21ClN2/c1-13-3-8-16(9-4-13)21(2)18-10-5-14(11-17(18)19)12-20-15-6-7-15/h3-5,8-11,15,20H,6-7,12H2,1-2H3. The van der Waals surface area contributed by atoms with Crippen molar-refractivity contribution < 1.29 is 0 Å². The molecule has 1 aliphatic carbocycles. The van der Waals surface area contributed by atoms with E-state index in [1.54, 1.807) is 0 Å². The summed E-state index contributed by atoms with van der Waals surface area (Å²) in [5.74, 6) is 0. The lowest BCUT2D eigenvalue weighted by molar-refractivity contribution is 0.688. The second kappa shape index (κ2) is 6.08. The largest absolute Gasteiger partial charge is 0.343 e. The summed E-state index contributed by atoms with van der Waals surface area (Å²) in [5.41, 5.74) is 4.69. The second-order valence-corrected chi connectivity index (χ2v) is 6.24. The highest BCUT2D eigenvalue weighted by atomic mass is 35.5. The van der Waals surface area contributed by atoms with E-state index >= 15 is 0 Å². The van der Waals surface area contributed by atoms with Crippen molar-refractivity contribution in [2.45, 2.75) is 32.4 Å². The van der Waals surface area contributed by atoms with E-state index in [9.17, 15) is 0 Å². The molecule has 2 nitrogen and oxygen atoms in total. The first-order chi connectivity index (χ1) is 10.1. The van der Waals surface area contributed by atoms with Crippen molar-refractivity contribution in [3.8, 4) is 0 Å². The zero-order valence-corrected chi connectivity index (χ0v) is 13.3. The Bertz CT molecular complexity index is 618. The second-order valence-electron chi connectivity index (χ2n) is 5.84. The summed E-state index contributed by atoms with van der Waals surface area (Å²) in [7, 11) is 2.05. The molecule has 0 amide bonds. The fourth-order valence-electron chi connectivity index (χ4n) is 2.39. The van der Waals surface area contributed by atoms with E-state index in [2.05, 4.69) is 59.6 Å². The van der Waals surface area contributed by atoms with E-state index in [1.165, 1.54) is 24.0 Å². The van der Waals surface area contributed by atoms with Gasteiger partial charge in [-0.25, -0.2) is 0 Å². The van der Waals surface area contributed by atoms with Gasteiger partial charge in [-0.2, -0.15) is 0 Å². The zero-order chi connectivity index (χ0) is 14.8. The first kappa shape index (κ1) is 14.4. The molecular formula is C18H21ClN2. The van der Waals surface area contributed by atoms with Crippen molar-refractivity contribution in [3.05, 3.63) is 58.6 Å². The van der Waals surface area contributed by atoms with E-state index in [4.69, 9.17) is 11.6 Å². The molecule has 0 heterocycles. The molecule has 2 aromatic rings. The maximum absolute atomic E-state index is 6.47. The fourth-order valence-corrected chi connectivity index (χ4v) is 2.72. The van der Waals surface area contributed by atoms with Crippen LogP contribution in [0.5, 0.6) is 0 Å². The minimum atomic E-state index is 0.721. The molecular weight excluding hydrogens is 280 g/mol. The molecule has 0 atom stereocenters.